The zero-order chi connectivity index (χ0) is 19.2. The van der Waals surface area contributed by atoms with E-state index in [2.05, 4.69) is 55.4 Å². The van der Waals surface area contributed by atoms with Gasteiger partial charge in [0.2, 0.25) is 6.79 Å². The first-order valence-corrected chi connectivity index (χ1v) is 10.5. The number of rotatable bonds is 4. The molecule has 2 aromatic carbocycles. The Morgan fingerprint density at radius 2 is 1.83 bits per heavy atom. The molecule has 2 aromatic heterocycles. The summed E-state index contributed by atoms with van der Waals surface area (Å²) in [4.78, 5) is 6.25. The maximum atomic E-state index is 5.56. The first-order valence-electron chi connectivity index (χ1n) is 10.5. The molecule has 0 aliphatic carbocycles. The summed E-state index contributed by atoms with van der Waals surface area (Å²) in [6.45, 7) is 4.82. The van der Waals surface area contributed by atoms with E-state index in [0.717, 1.165) is 41.6 Å². The predicted octanol–water partition coefficient (Wildman–Crippen LogP) is 3.59. The topological polar surface area (TPSA) is 45.8 Å². The summed E-state index contributed by atoms with van der Waals surface area (Å²) >= 11 is 0. The van der Waals surface area contributed by atoms with Gasteiger partial charge in [-0.1, -0.05) is 18.6 Å². The Morgan fingerprint density at radius 1 is 0.966 bits per heavy atom. The van der Waals surface area contributed by atoms with Crippen LogP contribution in [0.3, 0.4) is 0 Å². The van der Waals surface area contributed by atoms with Gasteiger partial charge in [-0.05, 0) is 56.3 Å². The molecule has 0 saturated carbocycles. The Labute approximate surface area is 169 Å². The molecule has 6 heteroatoms. The molecule has 0 amide bonds. The molecule has 2 aliphatic rings. The summed E-state index contributed by atoms with van der Waals surface area (Å²) in [5.74, 6) is 2.74. The van der Waals surface area contributed by atoms with Crippen molar-refractivity contribution in [3.63, 3.8) is 0 Å². The Bertz CT molecular complexity index is 1190. The summed E-state index contributed by atoms with van der Waals surface area (Å²) in [6.07, 6.45) is 6.21. The van der Waals surface area contributed by atoms with Crippen LogP contribution in [0.5, 0.6) is 11.5 Å². The van der Waals surface area contributed by atoms with Crippen LogP contribution in [0.4, 0.5) is 0 Å². The van der Waals surface area contributed by atoms with E-state index in [-0.39, 0.29) is 0 Å². The fourth-order valence-corrected chi connectivity index (χ4v) is 4.66. The summed E-state index contributed by atoms with van der Waals surface area (Å²) in [7, 11) is 0. The fraction of sp³-hybridized carbons (Fsp3) is 0.348. The number of para-hydroxylation sites is 2. The van der Waals surface area contributed by atoms with Crippen LogP contribution in [0.1, 0.15) is 19.3 Å². The molecule has 4 heterocycles. The number of hydrogen-bond donors (Lipinski definition) is 1. The molecular weight excluding hydrogens is 364 g/mol. The molecule has 29 heavy (non-hydrogen) atoms. The second kappa shape index (κ2) is 6.81. The van der Waals surface area contributed by atoms with Crippen LogP contribution in [0.15, 0.2) is 48.7 Å². The van der Waals surface area contributed by atoms with Gasteiger partial charge >= 0.3 is 5.78 Å². The molecular formula is C23H25N4O2+. The Hall–Kier alpha value is -2.99. The molecule has 2 aliphatic heterocycles. The van der Waals surface area contributed by atoms with E-state index in [1.54, 1.807) is 0 Å². The zero-order valence-electron chi connectivity index (χ0n) is 16.4. The average molecular weight is 389 g/mol. The van der Waals surface area contributed by atoms with Crippen LogP contribution in [0.25, 0.3) is 28.1 Å². The van der Waals surface area contributed by atoms with Crippen LogP contribution in [0.2, 0.25) is 0 Å². The molecule has 0 radical (unpaired) electrons. The quantitative estimate of drug-likeness (QED) is 0.543. The normalized spacial score (nSPS) is 16.8. The minimum absolute atomic E-state index is 0.298. The third-order valence-corrected chi connectivity index (χ3v) is 6.19. The van der Waals surface area contributed by atoms with Crippen LogP contribution in [-0.2, 0) is 6.54 Å². The number of imidazole rings is 2. The van der Waals surface area contributed by atoms with Crippen molar-refractivity contribution in [1.29, 1.82) is 0 Å². The minimum atomic E-state index is 0.298. The maximum absolute atomic E-state index is 5.56. The van der Waals surface area contributed by atoms with Gasteiger partial charge in [0.1, 0.15) is 22.9 Å². The van der Waals surface area contributed by atoms with Gasteiger partial charge in [0.05, 0.1) is 6.54 Å². The number of nitrogens with one attached hydrogen (secondary N) is 1. The van der Waals surface area contributed by atoms with Gasteiger partial charge < -0.3 is 14.4 Å². The number of likely N-dealkylation sites (tertiary alicyclic amines) is 1. The Balaban J connectivity index is 1.41. The van der Waals surface area contributed by atoms with Gasteiger partial charge in [-0.3, -0.25) is 0 Å². The predicted molar refractivity (Wildman–Crippen MR) is 111 cm³/mol. The number of piperidine rings is 1. The number of nitrogens with zero attached hydrogens (tertiary/aromatic N) is 3. The number of ether oxygens (including phenoxy) is 2. The van der Waals surface area contributed by atoms with Crippen molar-refractivity contribution in [3.8, 4) is 22.8 Å². The molecule has 0 spiro atoms. The monoisotopic (exact) mass is 389 g/mol. The summed E-state index contributed by atoms with van der Waals surface area (Å²) in [6, 6.07) is 14.8. The van der Waals surface area contributed by atoms with Gasteiger partial charge in [0.25, 0.3) is 0 Å². The second-order valence-electron chi connectivity index (χ2n) is 7.97. The van der Waals surface area contributed by atoms with Crippen molar-refractivity contribution < 1.29 is 14.0 Å². The lowest BCUT2D eigenvalue weighted by molar-refractivity contribution is -0.647. The molecule has 1 saturated heterocycles. The number of hydrogen-bond acceptors (Lipinski definition) is 3. The van der Waals surface area contributed by atoms with Crippen molar-refractivity contribution in [2.45, 2.75) is 25.8 Å². The number of fused-ring (bicyclic) bond motifs is 4. The van der Waals surface area contributed by atoms with Crippen LogP contribution in [-0.4, -0.2) is 40.7 Å². The van der Waals surface area contributed by atoms with Gasteiger partial charge in [0.15, 0.2) is 11.5 Å². The molecule has 4 aromatic rings. The third kappa shape index (κ3) is 2.86. The highest BCUT2D eigenvalue weighted by molar-refractivity contribution is 5.77. The summed E-state index contributed by atoms with van der Waals surface area (Å²) in [5, 5.41) is 0. The minimum Gasteiger partial charge on any atom is -0.454 e. The Kier molecular flexibility index (Phi) is 3.97. The highest BCUT2D eigenvalue weighted by atomic mass is 16.7. The van der Waals surface area contributed by atoms with Crippen molar-refractivity contribution in [3.05, 3.63) is 48.7 Å². The third-order valence-electron chi connectivity index (χ3n) is 6.19. The van der Waals surface area contributed by atoms with Crippen LogP contribution < -0.4 is 14.0 Å². The van der Waals surface area contributed by atoms with E-state index in [0.29, 0.717) is 6.79 Å². The zero-order valence-corrected chi connectivity index (χ0v) is 16.4. The molecule has 1 N–H and O–H groups in total. The van der Waals surface area contributed by atoms with Crippen LogP contribution in [0, 0.1) is 0 Å². The fourth-order valence-electron chi connectivity index (χ4n) is 4.66. The van der Waals surface area contributed by atoms with Gasteiger partial charge in [0, 0.05) is 12.1 Å². The molecule has 6 nitrogen and oxygen atoms in total. The summed E-state index contributed by atoms with van der Waals surface area (Å²) < 4.78 is 15.7. The van der Waals surface area contributed by atoms with Crippen molar-refractivity contribution in [2.24, 2.45) is 0 Å². The number of benzene rings is 2. The highest BCUT2D eigenvalue weighted by Gasteiger charge is 2.23. The first-order chi connectivity index (χ1) is 14.4. The molecule has 1 fully saturated rings. The van der Waals surface area contributed by atoms with E-state index in [4.69, 9.17) is 9.47 Å². The van der Waals surface area contributed by atoms with Crippen molar-refractivity contribution >= 4 is 16.8 Å². The molecule has 0 bridgehead atoms. The largest absolute Gasteiger partial charge is 0.454 e. The van der Waals surface area contributed by atoms with Gasteiger partial charge in [-0.25, -0.2) is 9.55 Å². The molecule has 0 atom stereocenters. The summed E-state index contributed by atoms with van der Waals surface area (Å²) in [5.41, 5.74) is 4.68. The first kappa shape index (κ1) is 16.9. The number of aromatic nitrogens is 3. The lowest BCUT2D eigenvalue weighted by Gasteiger charge is -2.25. The average Bonchev–Trinajstić information content (AvgIpc) is 3.47. The van der Waals surface area contributed by atoms with E-state index < -0.39 is 0 Å². The van der Waals surface area contributed by atoms with E-state index in [9.17, 15) is 0 Å². The second-order valence-corrected chi connectivity index (χ2v) is 7.97. The Morgan fingerprint density at radius 3 is 2.76 bits per heavy atom. The number of H-pyrrole nitrogens is 1. The lowest BCUT2D eigenvalue weighted by atomic mass is 10.1. The lowest BCUT2D eigenvalue weighted by Crippen LogP contribution is -2.42. The van der Waals surface area contributed by atoms with Crippen molar-refractivity contribution in [2.75, 3.05) is 26.4 Å². The van der Waals surface area contributed by atoms with Crippen LogP contribution >= 0.6 is 0 Å². The van der Waals surface area contributed by atoms with Gasteiger partial charge in [-0.15, -0.1) is 0 Å². The highest BCUT2D eigenvalue weighted by Crippen LogP contribution is 2.35. The maximum Gasteiger partial charge on any atom is 0.368 e. The molecule has 6 rings (SSSR count). The number of aromatic amines is 1. The smallest absolute Gasteiger partial charge is 0.368 e. The van der Waals surface area contributed by atoms with E-state index >= 15 is 0 Å². The van der Waals surface area contributed by atoms with Gasteiger partial charge in [-0.2, -0.15) is 4.40 Å². The molecule has 0 unspecified atom stereocenters. The van der Waals surface area contributed by atoms with E-state index in [1.807, 2.05) is 12.1 Å². The van der Waals surface area contributed by atoms with E-state index in [1.165, 1.54) is 43.4 Å². The molecule has 148 valence electrons. The SMILES string of the molecule is c1ccc2c(c1)n1cc(-c3ccc4c(c3)OCO4)[nH]c1[n+]2CCN1CCCCC1. The standard InChI is InChI=1S/C23H24N4O2/c1-4-10-25(11-5-1)12-13-26-19-6-2-3-7-20(19)27-15-18(24-23(26)27)17-8-9-21-22(14-17)29-16-28-21/h2-3,6-9,14-15H,1,4-5,10-13,16H2/p+1. The van der Waals surface area contributed by atoms with Crippen molar-refractivity contribution in [1.82, 2.24) is 14.3 Å².